The summed E-state index contributed by atoms with van der Waals surface area (Å²) in [5, 5.41) is 13.0. The van der Waals surface area contributed by atoms with E-state index in [0.29, 0.717) is 17.1 Å². The van der Waals surface area contributed by atoms with Crippen molar-refractivity contribution < 1.29 is 0 Å². The van der Waals surface area contributed by atoms with Crippen LogP contribution in [0.1, 0.15) is 11.1 Å². The Morgan fingerprint density at radius 3 is 2.53 bits per heavy atom. The van der Waals surface area contributed by atoms with Crippen LogP contribution in [0.5, 0.6) is 0 Å². The summed E-state index contributed by atoms with van der Waals surface area (Å²) in [7, 11) is 0. The second kappa shape index (κ2) is 6.42. The van der Waals surface area contributed by atoms with Crippen molar-refractivity contribution >= 4 is 49.1 Å². The number of hydrogen-bond donors (Lipinski definition) is 1. The Morgan fingerprint density at radius 1 is 1.11 bits per heavy atom. The summed E-state index contributed by atoms with van der Waals surface area (Å²) in [4.78, 5) is 0. The van der Waals surface area contributed by atoms with Gasteiger partial charge in [-0.2, -0.15) is 5.26 Å². The molecule has 0 saturated heterocycles. The molecule has 2 aromatic carbocycles. The van der Waals surface area contributed by atoms with Crippen molar-refractivity contribution in [2.45, 2.75) is 6.54 Å². The van der Waals surface area contributed by atoms with Crippen LogP contribution in [-0.2, 0) is 6.54 Å². The lowest BCUT2D eigenvalue weighted by atomic mass is 10.1. The van der Waals surface area contributed by atoms with E-state index in [1.165, 1.54) is 0 Å². The molecule has 19 heavy (non-hydrogen) atoms. The van der Waals surface area contributed by atoms with Gasteiger partial charge in [-0.05, 0) is 42.0 Å². The standard InChI is InChI=1S/C14H9Br2ClN2/c15-11-3-4-13(17)10(5-11)8-19-14-6-12(16)2-1-9(14)7-18/h1-6,19H,8H2. The van der Waals surface area contributed by atoms with Gasteiger partial charge in [0.25, 0.3) is 0 Å². The van der Waals surface area contributed by atoms with E-state index in [1.807, 2.05) is 30.3 Å². The van der Waals surface area contributed by atoms with Crippen molar-refractivity contribution in [3.8, 4) is 6.07 Å². The van der Waals surface area contributed by atoms with Gasteiger partial charge in [-0.15, -0.1) is 0 Å². The van der Waals surface area contributed by atoms with E-state index in [9.17, 15) is 0 Å². The monoisotopic (exact) mass is 398 g/mol. The molecule has 5 heteroatoms. The van der Waals surface area contributed by atoms with Crippen LogP contribution in [0.2, 0.25) is 5.02 Å². The number of benzene rings is 2. The van der Waals surface area contributed by atoms with Gasteiger partial charge in [0.2, 0.25) is 0 Å². The van der Waals surface area contributed by atoms with Crippen molar-refractivity contribution in [3.05, 3.63) is 61.5 Å². The van der Waals surface area contributed by atoms with Crippen LogP contribution in [0.3, 0.4) is 0 Å². The third kappa shape index (κ3) is 3.73. The molecule has 0 atom stereocenters. The minimum atomic E-state index is 0.559. The first-order valence-corrected chi connectivity index (χ1v) is 7.44. The summed E-state index contributed by atoms with van der Waals surface area (Å²) in [6, 6.07) is 13.3. The van der Waals surface area contributed by atoms with Crippen molar-refractivity contribution in [2.24, 2.45) is 0 Å². The van der Waals surface area contributed by atoms with Gasteiger partial charge in [-0.1, -0.05) is 43.5 Å². The highest BCUT2D eigenvalue weighted by molar-refractivity contribution is 9.10. The lowest BCUT2D eigenvalue weighted by Crippen LogP contribution is -2.02. The van der Waals surface area contributed by atoms with E-state index in [1.54, 1.807) is 6.07 Å². The maximum atomic E-state index is 9.07. The van der Waals surface area contributed by atoms with Crippen LogP contribution in [0.4, 0.5) is 5.69 Å². The van der Waals surface area contributed by atoms with E-state index in [-0.39, 0.29) is 0 Å². The molecule has 0 unspecified atom stereocenters. The van der Waals surface area contributed by atoms with E-state index in [4.69, 9.17) is 16.9 Å². The summed E-state index contributed by atoms with van der Waals surface area (Å²) in [6.45, 7) is 0.559. The van der Waals surface area contributed by atoms with Gasteiger partial charge in [0.15, 0.2) is 0 Å². The third-order valence-electron chi connectivity index (χ3n) is 2.58. The Kier molecular flexibility index (Phi) is 4.87. The number of nitrogens with zero attached hydrogens (tertiary/aromatic N) is 1. The fourth-order valence-corrected chi connectivity index (χ4v) is 2.58. The predicted molar refractivity (Wildman–Crippen MR) is 85.3 cm³/mol. The van der Waals surface area contributed by atoms with Gasteiger partial charge in [0.05, 0.1) is 11.3 Å². The first kappa shape index (κ1) is 14.4. The summed E-state index contributed by atoms with van der Waals surface area (Å²) in [6.07, 6.45) is 0. The van der Waals surface area contributed by atoms with Crippen LogP contribution < -0.4 is 5.32 Å². The number of halogens is 3. The van der Waals surface area contributed by atoms with E-state index < -0.39 is 0 Å². The summed E-state index contributed by atoms with van der Waals surface area (Å²) in [5.74, 6) is 0. The van der Waals surface area contributed by atoms with Gasteiger partial charge >= 0.3 is 0 Å². The summed E-state index contributed by atoms with van der Waals surface area (Å²) < 4.78 is 1.90. The molecule has 0 bridgehead atoms. The lowest BCUT2D eigenvalue weighted by molar-refractivity contribution is 1.14. The van der Waals surface area contributed by atoms with Crippen molar-refractivity contribution in [1.29, 1.82) is 5.26 Å². The van der Waals surface area contributed by atoms with Gasteiger partial charge in [0.1, 0.15) is 6.07 Å². The van der Waals surface area contributed by atoms with Crippen molar-refractivity contribution in [1.82, 2.24) is 0 Å². The molecule has 0 amide bonds. The lowest BCUT2D eigenvalue weighted by Gasteiger charge is -2.10. The minimum Gasteiger partial charge on any atom is -0.380 e. The van der Waals surface area contributed by atoms with Crippen LogP contribution >= 0.6 is 43.5 Å². The van der Waals surface area contributed by atoms with E-state index in [2.05, 4.69) is 43.2 Å². The molecule has 0 saturated carbocycles. The fraction of sp³-hybridized carbons (Fsp3) is 0.0714. The molecule has 96 valence electrons. The quantitative estimate of drug-likeness (QED) is 0.754. The average Bonchev–Trinajstić information content (AvgIpc) is 2.40. The zero-order chi connectivity index (χ0) is 13.8. The highest BCUT2D eigenvalue weighted by Gasteiger charge is 2.05. The summed E-state index contributed by atoms with van der Waals surface area (Å²) >= 11 is 12.9. The molecule has 0 aliphatic heterocycles. The Bertz CT molecular complexity index is 650. The Morgan fingerprint density at radius 2 is 1.79 bits per heavy atom. The topological polar surface area (TPSA) is 35.8 Å². The first-order chi connectivity index (χ1) is 9.10. The first-order valence-electron chi connectivity index (χ1n) is 5.47. The molecule has 0 heterocycles. The average molecular weight is 401 g/mol. The third-order valence-corrected chi connectivity index (χ3v) is 3.93. The summed E-state index contributed by atoms with van der Waals surface area (Å²) in [5.41, 5.74) is 2.36. The smallest absolute Gasteiger partial charge is 0.101 e. The molecule has 0 aliphatic rings. The van der Waals surface area contributed by atoms with Gasteiger partial charge in [-0.3, -0.25) is 0 Å². The van der Waals surface area contributed by atoms with Crippen LogP contribution in [-0.4, -0.2) is 0 Å². The van der Waals surface area contributed by atoms with E-state index in [0.717, 1.165) is 20.2 Å². The molecule has 0 aliphatic carbocycles. The molecular weight excluding hydrogens is 391 g/mol. The van der Waals surface area contributed by atoms with Crippen LogP contribution in [0, 0.1) is 11.3 Å². The molecule has 2 rings (SSSR count). The Balaban J connectivity index is 2.21. The van der Waals surface area contributed by atoms with Crippen molar-refractivity contribution in [2.75, 3.05) is 5.32 Å². The molecule has 2 aromatic rings. The SMILES string of the molecule is N#Cc1ccc(Br)cc1NCc1cc(Br)ccc1Cl. The number of nitrogens with one attached hydrogen (secondary N) is 1. The van der Waals surface area contributed by atoms with Gasteiger partial charge in [-0.25, -0.2) is 0 Å². The molecule has 0 fully saturated rings. The molecule has 2 nitrogen and oxygen atoms in total. The largest absolute Gasteiger partial charge is 0.380 e. The van der Waals surface area contributed by atoms with Crippen LogP contribution in [0.15, 0.2) is 45.3 Å². The minimum absolute atomic E-state index is 0.559. The molecular formula is C14H9Br2ClN2. The highest BCUT2D eigenvalue weighted by Crippen LogP contribution is 2.24. The zero-order valence-corrected chi connectivity index (χ0v) is 13.7. The molecule has 0 spiro atoms. The number of hydrogen-bond acceptors (Lipinski definition) is 2. The Labute approximate surface area is 133 Å². The molecule has 0 aromatic heterocycles. The maximum Gasteiger partial charge on any atom is 0.101 e. The molecule has 0 radical (unpaired) electrons. The van der Waals surface area contributed by atoms with Gasteiger partial charge < -0.3 is 5.32 Å². The predicted octanol–water partition coefficient (Wildman–Crippen LogP) is 5.35. The highest BCUT2D eigenvalue weighted by atomic mass is 79.9. The van der Waals surface area contributed by atoms with Gasteiger partial charge in [0, 0.05) is 20.5 Å². The van der Waals surface area contributed by atoms with Crippen LogP contribution in [0.25, 0.3) is 0 Å². The number of rotatable bonds is 3. The second-order valence-electron chi connectivity index (χ2n) is 3.89. The number of nitriles is 1. The normalized spacial score (nSPS) is 10.0. The second-order valence-corrected chi connectivity index (χ2v) is 6.13. The molecule has 1 N–H and O–H groups in total. The number of anilines is 1. The Hall–Kier alpha value is -1.02. The van der Waals surface area contributed by atoms with Crippen molar-refractivity contribution in [3.63, 3.8) is 0 Å². The fourth-order valence-electron chi connectivity index (χ4n) is 1.63. The van der Waals surface area contributed by atoms with E-state index >= 15 is 0 Å². The zero-order valence-electron chi connectivity index (χ0n) is 9.75. The maximum absolute atomic E-state index is 9.07.